The molecule has 1 atom stereocenters. The number of fused-ring (bicyclic) bond motifs is 1. The Labute approximate surface area is 147 Å². The van der Waals surface area contributed by atoms with E-state index in [0.29, 0.717) is 0 Å². The van der Waals surface area contributed by atoms with Gasteiger partial charge in [0.25, 0.3) is 5.91 Å². The Morgan fingerprint density at radius 1 is 1.20 bits per heavy atom. The number of hydrogen-bond donors (Lipinski definition) is 1. The number of carbonyl (C=O) groups excluding carboxylic acids is 1. The van der Waals surface area contributed by atoms with Gasteiger partial charge in [-0.15, -0.1) is 0 Å². The molecule has 4 rings (SSSR count). The van der Waals surface area contributed by atoms with Crippen LogP contribution in [0.2, 0.25) is 0 Å². The molecular formula is C20H22N4O. The minimum atomic E-state index is 0.0794. The molecule has 5 nitrogen and oxygen atoms in total. The third-order valence-corrected chi connectivity index (χ3v) is 4.98. The van der Waals surface area contributed by atoms with Gasteiger partial charge in [0, 0.05) is 30.9 Å². The van der Waals surface area contributed by atoms with Crippen LogP contribution in [0.25, 0.3) is 16.7 Å². The van der Waals surface area contributed by atoms with Crippen LogP contribution in [0.15, 0.2) is 54.9 Å². The lowest BCUT2D eigenvalue weighted by Gasteiger charge is -2.31. The zero-order chi connectivity index (χ0) is 17.2. The first kappa shape index (κ1) is 15.8. The van der Waals surface area contributed by atoms with Crippen molar-refractivity contribution < 1.29 is 4.79 Å². The normalized spacial score (nSPS) is 17.6. The van der Waals surface area contributed by atoms with Crippen LogP contribution in [0, 0.1) is 0 Å². The molecule has 1 aromatic heterocycles. The number of likely N-dealkylation sites (N-methyl/N-ethyl adjacent to an activating group) is 1. The Kier molecular flexibility index (Phi) is 4.24. The summed E-state index contributed by atoms with van der Waals surface area (Å²) in [5.41, 5.74) is 3.76. The molecule has 0 spiro atoms. The van der Waals surface area contributed by atoms with E-state index in [-0.39, 0.29) is 11.9 Å². The van der Waals surface area contributed by atoms with E-state index in [0.717, 1.165) is 48.2 Å². The topological polar surface area (TPSA) is 50.2 Å². The standard InChI is InChI=1S/C20H22N4O/c1-23(17-5-4-12-21-13-17)20(25)15-8-10-16(11-9-15)24-14-22-18-6-2-3-7-19(18)24/h2-3,6-11,14,17,21H,4-5,12-13H2,1H3. The fourth-order valence-electron chi connectivity index (χ4n) is 3.46. The minimum Gasteiger partial charge on any atom is -0.337 e. The zero-order valence-corrected chi connectivity index (χ0v) is 14.4. The maximum absolute atomic E-state index is 12.7. The molecule has 128 valence electrons. The highest BCUT2D eigenvalue weighted by molar-refractivity contribution is 5.94. The summed E-state index contributed by atoms with van der Waals surface area (Å²) in [6.45, 7) is 1.92. The first-order chi connectivity index (χ1) is 12.2. The van der Waals surface area contributed by atoms with E-state index >= 15 is 0 Å². The second-order valence-electron chi connectivity index (χ2n) is 6.57. The third kappa shape index (κ3) is 3.03. The predicted molar refractivity (Wildman–Crippen MR) is 99.1 cm³/mol. The van der Waals surface area contributed by atoms with E-state index in [2.05, 4.69) is 10.3 Å². The summed E-state index contributed by atoms with van der Waals surface area (Å²) in [7, 11) is 1.90. The number of carbonyl (C=O) groups is 1. The number of hydrogen-bond acceptors (Lipinski definition) is 3. The number of para-hydroxylation sites is 2. The molecule has 0 bridgehead atoms. The summed E-state index contributed by atoms with van der Waals surface area (Å²) in [6, 6.07) is 16.1. The minimum absolute atomic E-state index is 0.0794. The Morgan fingerprint density at radius 2 is 2.00 bits per heavy atom. The molecule has 1 unspecified atom stereocenters. The van der Waals surface area contributed by atoms with E-state index in [4.69, 9.17) is 0 Å². The molecule has 3 aromatic rings. The summed E-state index contributed by atoms with van der Waals surface area (Å²) < 4.78 is 2.04. The molecule has 1 N–H and O–H groups in total. The predicted octanol–water partition coefficient (Wildman–Crippen LogP) is 2.85. The number of amides is 1. The smallest absolute Gasteiger partial charge is 0.253 e. The Balaban J connectivity index is 1.56. The van der Waals surface area contributed by atoms with Crippen LogP contribution in [0.5, 0.6) is 0 Å². The summed E-state index contributed by atoms with van der Waals surface area (Å²) in [4.78, 5) is 19.0. The molecule has 2 heterocycles. The highest BCUT2D eigenvalue weighted by Crippen LogP contribution is 2.19. The van der Waals surface area contributed by atoms with Crippen molar-refractivity contribution in [3.63, 3.8) is 0 Å². The summed E-state index contributed by atoms with van der Waals surface area (Å²) in [5.74, 6) is 0.0794. The highest BCUT2D eigenvalue weighted by atomic mass is 16.2. The number of benzene rings is 2. The number of piperidine rings is 1. The first-order valence-electron chi connectivity index (χ1n) is 8.74. The van der Waals surface area contributed by atoms with Crippen LogP contribution >= 0.6 is 0 Å². The summed E-state index contributed by atoms with van der Waals surface area (Å²) >= 11 is 0. The molecule has 1 amide bonds. The number of nitrogens with one attached hydrogen (secondary N) is 1. The quantitative estimate of drug-likeness (QED) is 0.801. The van der Waals surface area contributed by atoms with Gasteiger partial charge in [0.1, 0.15) is 6.33 Å². The van der Waals surface area contributed by atoms with Crippen molar-refractivity contribution >= 4 is 16.9 Å². The van der Waals surface area contributed by atoms with E-state index in [1.54, 1.807) is 0 Å². The second-order valence-corrected chi connectivity index (χ2v) is 6.57. The molecule has 1 fully saturated rings. The van der Waals surface area contributed by atoms with Gasteiger partial charge in [0.2, 0.25) is 0 Å². The highest BCUT2D eigenvalue weighted by Gasteiger charge is 2.22. The Hall–Kier alpha value is -2.66. The van der Waals surface area contributed by atoms with Gasteiger partial charge >= 0.3 is 0 Å². The van der Waals surface area contributed by atoms with Gasteiger partial charge in [0.15, 0.2) is 0 Å². The molecule has 0 radical (unpaired) electrons. The van der Waals surface area contributed by atoms with Crippen molar-refractivity contribution in [2.45, 2.75) is 18.9 Å². The molecule has 1 aliphatic rings. The van der Waals surface area contributed by atoms with E-state index < -0.39 is 0 Å². The third-order valence-electron chi connectivity index (χ3n) is 4.98. The molecule has 0 saturated carbocycles. The van der Waals surface area contributed by atoms with Gasteiger partial charge in [-0.05, 0) is 55.8 Å². The van der Waals surface area contributed by atoms with E-state index in [1.165, 1.54) is 0 Å². The maximum atomic E-state index is 12.7. The van der Waals surface area contributed by atoms with Gasteiger partial charge in [-0.25, -0.2) is 4.98 Å². The average molecular weight is 334 g/mol. The monoisotopic (exact) mass is 334 g/mol. The lowest BCUT2D eigenvalue weighted by atomic mass is 10.1. The average Bonchev–Trinajstić information content (AvgIpc) is 3.12. The van der Waals surface area contributed by atoms with Crippen LogP contribution in [0.4, 0.5) is 0 Å². The number of rotatable bonds is 3. The number of imidazole rings is 1. The van der Waals surface area contributed by atoms with Crippen molar-refractivity contribution in [3.05, 3.63) is 60.4 Å². The maximum Gasteiger partial charge on any atom is 0.253 e. The van der Waals surface area contributed by atoms with Crippen molar-refractivity contribution in [3.8, 4) is 5.69 Å². The van der Waals surface area contributed by atoms with Crippen LogP contribution in [-0.2, 0) is 0 Å². The summed E-state index contributed by atoms with van der Waals surface area (Å²) in [6.07, 6.45) is 4.00. The van der Waals surface area contributed by atoms with Gasteiger partial charge in [-0.3, -0.25) is 9.36 Å². The van der Waals surface area contributed by atoms with Crippen molar-refractivity contribution in [1.29, 1.82) is 0 Å². The fourth-order valence-corrected chi connectivity index (χ4v) is 3.46. The van der Waals surface area contributed by atoms with Gasteiger partial charge in [-0.2, -0.15) is 0 Å². The van der Waals surface area contributed by atoms with Crippen molar-refractivity contribution in [2.75, 3.05) is 20.1 Å². The number of aromatic nitrogens is 2. The number of nitrogens with zero attached hydrogens (tertiary/aromatic N) is 3. The van der Waals surface area contributed by atoms with Crippen LogP contribution < -0.4 is 5.32 Å². The molecule has 0 aliphatic carbocycles. The molecule has 1 saturated heterocycles. The first-order valence-corrected chi connectivity index (χ1v) is 8.74. The van der Waals surface area contributed by atoms with E-state index in [1.807, 2.05) is 71.4 Å². The van der Waals surface area contributed by atoms with Crippen LogP contribution in [0.3, 0.4) is 0 Å². The Bertz CT molecular complexity index is 878. The lowest BCUT2D eigenvalue weighted by Crippen LogP contribution is -2.46. The van der Waals surface area contributed by atoms with Crippen LogP contribution in [-0.4, -0.2) is 46.5 Å². The van der Waals surface area contributed by atoms with Gasteiger partial charge in [0.05, 0.1) is 11.0 Å². The van der Waals surface area contributed by atoms with Crippen LogP contribution in [0.1, 0.15) is 23.2 Å². The largest absolute Gasteiger partial charge is 0.337 e. The van der Waals surface area contributed by atoms with Gasteiger partial charge in [-0.1, -0.05) is 12.1 Å². The Morgan fingerprint density at radius 3 is 2.76 bits per heavy atom. The molecular weight excluding hydrogens is 312 g/mol. The molecule has 5 heteroatoms. The van der Waals surface area contributed by atoms with Crippen molar-refractivity contribution in [2.24, 2.45) is 0 Å². The molecule has 25 heavy (non-hydrogen) atoms. The second kappa shape index (κ2) is 6.69. The van der Waals surface area contributed by atoms with Crippen molar-refractivity contribution in [1.82, 2.24) is 19.8 Å². The SMILES string of the molecule is CN(C(=O)c1ccc(-n2cnc3ccccc32)cc1)C1CCCNC1. The molecule has 2 aromatic carbocycles. The molecule has 1 aliphatic heterocycles. The lowest BCUT2D eigenvalue weighted by molar-refractivity contribution is 0.0708. The zero-order valence-electron chi connectivity index (χ0n) is 14.4. The van der Waals surface area contributed by atoms with Gasteiger partial charge < -0.3 is 10.2 Å². The fraction of sp³-hybridized carbons (Fsp3) is 0.300. The van der Waals surface area contributed by atoms with E-state index in [9.17, 15) is 4.79 Å². The summed E-state index contributed by atoms with van der Waals surface area (Å²) in [5, 5.41) is 3.36.